The summed E-state index contributed by atoms with van der Waals surface area (Å²) in [5.74, 6) is 1.57. The third-order valence-corrected chi connectivity index (χ3v) is 3.53. The Kier molecular flexibility index (Phi) is 3.84. The van der Waals surface area contributed by atoms with Crippen molar-refractivity contribution in [2.45, 2.75) is 32.2 Å². The fraction of sp³-hybridized carbons (Fsp3) is 0.615. The van der Waals surface area contributed by atoms with Crippen molar-refractivity contribution in [1.29, 1.82) is 0 Å². The lowest BCUT2D eigenvalue weighted by molar-refractivity contribution is -0.132. The van der Waals surface area contributed by atoms with Gasteiger partial charge in [0.2, 0.25) is 5.91 Å². The first kappa shape index (κ1) is 12.2. The number of piperidine rings is 1. The molecule has 0 aliphatic carbocycles. The molecule has 2 unspecified atom stereocenters. The largest absolute Gasteiger partial charge is 0.469 e. The van der Waals surface area contributed by atoms with E-state index in [0.717, 1.165) is 18.7 Å². The van der Waals surface area contributed by atoms with Gasteiger partial charge in [0.15, 0.2) is 0 Å². The summed E-state index contributed by atoms with van der Waals surface area (Å²) in [6, 6.07) is 3.87. The second kappa shape index (κ2) is 5.36. The first-order valence-electron chi connectivity index (χ1n) is 6.22. The van der Waals surface area contributed by atoms with Crippen molar-refractivity contribution in [2.75, 3.05) is 13.1 Å². The van der Waals surface area contributed by atoms with Gasteiger partial charge >= 0.3 is 0 Å². The highest BCUT2D eigenvalue weighted by molar-refractivity contribution is 5.76. The van der Waals surface area contributed by atoms with Gasteiger partial charge in [0.1, 0.15) is 5.76 Å². The van der Waals surface area contributed by atoms with E-state index in [0.29, 0.717) is 25.3 Å². The first-order chi connectivity index (χ1) is 8.16. The van der Waals surface area contributed by atoms with Crippen LogP contribution in [0.3, 0.4) is 0 Å². The number of hydrogen-bond donors (Lipinski definition) is 1. The number of hydrogen-bond acceptors (Lipinski definition) is 3. The van der Waals surface area contributed by atoms with E-state index in [9.17, 15) is 4.79 Å². The molecule has 1 aliphatic heterocycles. The Morgan fingerprint density at radius 2 is 2.47 bits per heavy atom. The minimum Gasteiger partial charge on any atom is -0.469 e. The van der Waals surface area contributed by atoms with Crippen LogP contribution >= 0.6 is 0 Å². The molecule has 1 saturated heterocycles. The SMILES string of the molecule is CC1CCN(C(=O)CCc2ccco2)CC1N. The van der Waals surface area contributed by atoms with Crippen LogP contribution in [0.1, 0.15) is 25.5 Å². The van der Waals surface area contributed by atoms with Crippen LogP contribution < -0.4 is 5.73 Å². The van der Waals surface area contributed by atoms with E-state index in [1.807, 2.05) is 17.0 Å². The number of carbonyl (C=O) groups is 1. The molecular formula is C13H20N2O2. The molecule has 0 bridgehead atoms. The molecule has 1 aromatic heterocycles. The quantitative estimate of drug-likeness (QED) is 0.863. The van der Waals surface area contributed by atoms with Crippen LogP contribution in [0.15, 0.2) is 22.8 Å². The highest BCUT2D eigenvalue weighted by atomic mass is 16.3. The lowest BCUT2D eigenvalue weighted by Gasteiger charge is -2.35. The second-order valence-corrected chi connectivity index (χ2v) is 4.85. The van der Waals surface area contributed by atoms with Crippen LogP contribution in [-0.4, -0.2) is 29.9 Å². The Morgan fingerprint density at radius 3 is 3.12 bits per heavy atom. The molecule has 1 amide bonds. The molecule has 2 N–H and O–H groups in total. The smallest absolute Gasteiger partial charge is 0.223 e. The second-order valence-electron chi connectivity index (χ2n) is 4.85. The Balaban J connectivity index is 1.80. The zero-order valence-electron chi connectivity index (χ0n) is 10.3. The van der Waals surface area contributed by atoms with Crippen molar-refractivity contribution in [3.8, 4) is 0 Å². The Bertz CT molecular complexity index is 362. The summed E-state index contributed by atoms with van der Waals surface area (Å²) in [5.41, 5.74) is 5.98. The molecule has 1 aromatic rings. The first-order valence-corrected chi connectivity index (χ1v) is 6.22. The number of carbonyl (C=O) groups excluding carboxylic acids is 1. The molecule has 0 spiro atoms. The number of amides is 1. The Hall–Kier alpha value is -1.29. The molecule has 17 heavy (non-hydrogen) atoms. The highest BCUT2D eigenvalue weighted by Crippen LogP contribution is 2.16. The summed E-state index contributed by atoms with van der Waals surface area (Å²) in [7, 11) is 0. The lowest BCUT2D eigenvalue weighted by Crippen LogP contribution is -2.49. The maximum atomic E-state index is 12.0. The van der Waals surface area contributed by atoms with Gasteiger partial charge < -0.3 is 15.1 Å². The summed E-state index contributed by atoms with van der Waals surface area (Å²) >= 11 is 0. The van der Waals surface area contributed by atoms with Gasteiger partial charge in [0.25, 0.3) is 0 Å². The van der Waals surface area contributed by atoms with Crippen molar-refractivity contribution >= 4 is 5.91 Å². The number of aryl methyl sites for hydroxylation is 1. The maximum absolute atomic E-state index is 12.0. The number of nitrogens with two attached hydrogens (primary N) is 1. The van der Waals surface area contributed by atoms with Gasteiger partial charge in [-0.3, -0.25) is 4.79 Å². The molecule has 2 rings (SSSR count). The zero-order valence-corrected chi connectivity index (χ0v) is 10.3. The summed E-state index contributed by atoms with van der Waals surface area (Å²) in [6.45, 7) is 3.68. The molecule has 0 saturated carbocycles. The molecule has 94 valence electrons. The summed E-state index contributed by atoms with van der Waals surface area (Å²) < 4.78 is 5.21. The van der Waals surface area contributed by atoms with E-state index in [2.05, 4.69) is 6.92 Å². The van der Waals surface area contributed by atoms with Crippen LogP contribution in [0.4, 0.5) is 0 Å². The van der Waals surface area contributed by atoms with E-state index < -0.39 is 0 Å². The van der Waals surface area contributed by atoms with Gasteiger partial charge in [-0.1, -0.05) is 6.92 Å². The molecular weight excluding hydrogens is 216 g/mol. The van der Waals surface area contributed by atoms with Crippen LogP contribution in [0.25, 0.3) is 0 Å². The number of nitrogens with zero attached hydrogens (tertiary/aromatic N) is 1. The van der Waals surface area contributed by atoms with Gasteiger partial charge in [-0.05, 0) is 24.5 Å². The fourth-order valence-corrected chi connectivity index (χ4v) is 2.17. The van der Waals surface area contributed by atoms with Gasteiger partial charge in [0, 0.05) is 32.0 Å². The predicted octanol–water partition coefficient (Wildman–Crippen LogP) is 1.41. The van der Waals surface area contributed by atoms with Gasteiger partial charge in [-0.2, -0.15) is 0 Å². The number of likely N-dealkylation sites (tertiary alicyclic amines) is 1. The average Bonchev–Trinajstić information content (AvgIpc) is 2.82. The molecule has 4 heteroatoms. The monoisotopic (exact) mass is 236 g/mol. The van der Waals surface area contributed by atoms with Crippen molar-refractivity contribution in [3.63, 3.8) is 0 Å². The Morgan fingerprint density at radius 1 is 1.65 bits per heavy atom. The van der Waals surface area contributed by atoms with E-state index >= 15 is 0 Å². The molecule has 1 fully saturated rings. The van der Waals surface area contributed by atoms with E-state index in [-0.39, 0.29) is 11.9 Å². The number of furan rings is 1. The van der Waals surface area contributed by atoms with E-state index in [1.165, 1.54) is 0 Å². The lowest BCUT2D eigenvalue weighted by atomic mass is 9.94. The van der Waals surface area contributed by atoms with Crippen molar-refractivity contribution in [1.82, 2.24) is 4.90 Å². The topological polar surface area (TPSA) is 59.5 Å². The fourth-order valence-electron chi connectivity index (χ4n) is 2.17. The van der Waals surface area contributed by atoms with Crippen LogP contribution in [0.5, 0.6) is 0 Å². The van der Waals surface area contributed by atoms with Crippen molar-refractivity contribution in [3.05, 3.63) is 24.2 Å². The van der Waals surface area contributed by atoms with Gasteiger partial charge in [-0.15, -0.1) is 0 Å². The third-order valence-electron chi connectivity index (χ3n) is 3.53. The molecule has 1 aliphatic rings. The summed E-state index contributed by atoms with van der Waals surface area (Å²) in [5, 5.41) is 0. The van der Waals surface area contributed by atoms with Crippen LogP contribution in [-0.2, 0) is 11.2 Å². The van der Waals surface area contributed by atoms with Crippen LogP contribution in [0, 0.1) is 5.92 Å². The zero-order chi connectivity index (χ0) is 12.3. The molecule has 4 nitrogen and oxygen atoms in total. The average molecular weight is 236 g/mol. The molecule has 0 aromatic carbocycles. The third kappa shape index (κ3) is 3.09. The van der Waals surface area contributed by atoms with Gasteiger partial charge in [0.05, 0.1) is 6.26 Å². The highest BCUT2D eigenvalue weighted by Gasteiger charge is 2.25. The van der Waals surface area contributed by atoms with E-state index in [1.54, 1.807) is 6.26 Å². The van der Waals surface area contributed by atoms with Crippen molar-refractivity contribution < 1.29 is 9.21 Å². The van der Waals surface area contributed by atoms with E-state index in [4.69, 9.17) is 10.2 Å². The van der Waals surface area contributed by atoms with Crippen molar-refractivity contribution in [2.24, 2.45) is 11.7 Å². The molecule has 0 radical (unpaired) electrons. The number of rotatable bonds is 3. The standard InChI is InChI=1S/C13H20N2O2/c1-10-6-7-15(9-12(10)14)13(16)5-4-11-3-2-8-17-11/h2-3,8,10,12H,4-7,9,14H2,1H3. The minimum atomic E-state index is 0.122. The molecule has 2 heterocycles. The molecule has 2 atom stereocenters. The Labute approximate surface area is 102 Å². The maximum Gasteiger partial charge on any atom is 0.223 e. The van der Waals surface area contributed by atoms with Crippen LogP contribution in [0.2, 0.25) is 0 Å². The summed E-state index contributed by atoms with van der Waals surface area (Å²) in [4.78, 5) is 13.9. The summed E-state index contributed by atoms with van der Waals surface area (Å²) in [6.07, 6.45) is 3.83. The van der Waals surface area contributed by atoms with Gasteiger partial charge in [-0.25, -0.2) is 0 Å². The minimum absolute atomic E-state index is 0.122. The normalized spacial score (nSPS) is 24.9. The predicted molar refractivity (Wildman–Crippen MR) is 65.4 cm³/mol.